The van der Waals surface area contributed by atoms with Crippen LogP contribution in [0.5, 0.6) is 0 Å². The van der Waals surface area contributed by atoms with E-state index < -0.39 is 5.91 Å². The van der Waals surface area contributed by atoms with Gasteiger partial charge < -0.3 is 15.2 Å². The minimum atomic E-state index is -0.481. The van der Waals surface area contributed by atoms with E-state index in [1.54, 1.807) is 18.2 Å². The number of rotatable bonds is 9. The third kappa shape index (κ3) is 6.31. The van der Waals surface area contributed by atoms with Crippen molar-refractivity contribution >= 4 is 17.9 Å². The van der Waals surface area contributed by atoms with Gasteiger partial charge in [0.05, 0.1) is 6.42 Å². The highest BCUT2D eigenvalue weighted by Crippen LogP contribution is 2.18. The standard InChI is InChI=1S/C23H27FN4O2/c1-4-11-28-16(2)12-19(17(28)3)14-20(15-25)23(30)27-10-9-26-22(29)13-18-5-7-21(24)8-6-18/h5-8,12,14H,4,9-11,13H2,1-3H3,(H,26,29)(H,27,30)/b20-14-. The van der Waals surface area contributed by atoms with E-state index >= 15 is 0 Å². The maximum absolute atomic E-state index is 12.9. The van der Waals surface area contributed by atoms with Gasteiger partial charge in [0, 0.05) is 31.0 Å². The Morgan fingerprint density at radius 3 is 2.47 bits per heavy atom. The molecule has 158 valence electrons. The molecule has 7 heteroatoms. The van der Waals surface area contributed by atoms with Crippen molar-refractivity contribution in [1.29, 1.82) is 5.26 Å². The zero-order valence-electron chi connectivity index (χ0n) is 17.6. The molecule has 6 nitrogen and oxygen atoms in total. The molecule has 0 spiro atoms. The molecular weight excluding hydrogens is 383 g/mol. The zero-order chi connectivity index (χ0) is 22.1. The maximum atomic E-state index is 12.9. The van der Waals surface area contributed by atoms with Crippen molar-refractivity contribution in [3.05, 3.63) is 64.2 Å². The summed E-state index contributed by atoms with van der Waals surface area (Å²) in [6.07, 6.45) is 2.72. The molecule has 0 radical (unpaired) electrons. The first-order valence-corrected chi connectivity index (χ1v) is 9.93. The fourth-order valence-electron chi connectivity index (χ4n) is 3.17. The van der Waals surface area contributed by atoms with Crippen LogP contribution in [0.25, 0.3) is 6.08 Å². The number of amides is 2. The number of hydrogen-bond acceptors (Lipinski definition) is 3. The lowest BCUT2D eigenvalue weighted by Gasteiger charge is -2.08. The third-order valence-corrected chi connectivity index (χ3v) is 4.74. The number of carbonyl (C=O) groups is 2. The predicted octanol–water partition coefficient (Wildman–Crippen LogP) is 3.04. The third-order valence-electron chi connectivity index (χ3n) is 4.74. The van der Waals surface area contributed by atoms with Gasteiger partial charge in [0.1, 0.15) is 17.5 Å². The van der Waals surface area contributed by atoms with Crippen LogP contribution < -0.4 is 10.6 Å². The number of nitriles is 1. The first kappa shape index (κ1) is 22.9. The molecule has 0 saturated carbocycles. The Hall–Kier alpha value is -3.40. The first-order chi connectivity index (χ1) is 14.3. The first-order valence-electron chi connectivity index (χ1n) is 9.93. The van der Waals surface area contributed by atoms with Crippen molar-refractivity contribution in [1.82, 2.24) is 15.2 Å². The molecule has 0 unspecified atom stereocenters. The molecule has 0 aliphatic rings. The van der Waals surface area contributed by atoms with Crippen LogP contribution in [-0.2, 0) is 22.6 Å². The van der Waals surface area contributed by atoms with Crippen molar-refractivity contribution in [3.8, 4) is 6.07 Å². The summed E-state index contributed by atoms with van der Waals surface area (Å²) >= 11 is 0. The second-order valence-corrected chi connectivity index (χ2v) is 7.06. The Labute approximate surface area is 176 Å². The predicted molar refractivity (Wildman–Crippen MR) is 114 cm³/mol. The number of nitrogens with one attached hydrogen (secondary N) is 2. The largest absolute Gasteiger partial charge is 0.354 e. The molecule has 1 aromatic carbocycles. The van der Waals surface area contributed by atoms with Crippen molar-refractivity contribution in [3.63, 3.8) is 0 Å². The van der Waals surface area contributed by atoms with Gasteiger partial charge in [-0.15, -0.1) is 0 Å². The molecule has 0 saturated heterocycles. The summed E-state index contributed by atoms with van der Waals surface area (Å²) in [6.45, 7) is 7.38. The number of halogens is 1. The Bertz CT molecular complexity index is 968. The van der Waals surface area contributed by atoms with Gasteiger partial charge in [-0.05, 0) is 55.7 Å². The van der Waals surface area contributed by atoms with Crippen LogP contribution in [0.4, 0.5) is 4.39 Å². The van der Waals surface area contributed by atoms with E-state index in [2.05, 4.69) is 22.1 Å². The highest BCUT2D eigenvalue weighted by atomic mass is 19.1. The fourth-order valence-corrected chi connectivity index (χ4v) is 3.17. The smallest absolute Gasteiger partial charge is 0.262 e. The van der Waals surface area contributed by atoms with Crippen molar-refractivity contribution in [2.75, 3.05) is 13.1 Å². The number of carbonyl (C=O) groups excluding carboxylic acids is 2. The van der Waals surface area contributed by atoms with Crippen LogP contribution in [0.3, 0.4) is 0 Å². The minimum absolute atomic E-state index is 0.0180. The van der Waals surface area contributed by atoms with Crippen molar-refractivity contribution in [2.45, 2.75) is 40.2 Å². The molecule has 2 rings (SSSR count). The summed E-state index contributed by atoms with van der Waals surface area (Å²) in [6, 6.07) is 9.63. The van der Waals surface area contributed by atoms with Crippen LogP contribution in [-0.4, -0.2) is 29.5 Å². The van der Waals surface area contributed by atoms with Gasteiger partial charge >= 0.3 is 0 Å². The minimum Gasteiger partial charge on any atom is -0.354 e. The van der Waals surface area contributed by atoms with E-state index in [1.807, 2.05) is 26.0 Å². The van der Waals surface area contributed by atoms with Crippen LogP contribution in [0.2, 0.25) is 0 Å². The van der Waals surface area contributed by atoms with Gasteiger partial charge in [0.25, 0.3) is 5.91 Å². The highest BCUT2D eigenvalue weighted by Gasteiger charge is 2.12. The van der Waals surface area contributed by atoms with Crippen LogP contribution in [0.1, 0.15) is 35.9 Å². The summed E-state index contributed by atoms with van der Waals surface area (Å²) in [5, 5.41) is 14.7. The van der Waals surface area contributed by atoms with Gasteiger partial charge in [-0.2, -0.15) is 5.26 Å². The number of nitrogens with zero attached hydrogens (tertiary/aromatic N) is 2. The average Bonchev–Trinajstić information content (AvgIpc) is 2.98. The zero-order valence-corrected chi connectivity index (χ0v) is 17.6. The summed E-state index contributed by atoms with van der Waals surface area (Å²) in [7, 11) is 0. The average molecular weight is 410 g/mol. The van der Waals surface area contributed by atoms with Crippen molar-refractivity contribution in [2.24, 2.45) is 0 Å². The van der Waals surface area contributed by atoms with E-state index in [0.29, 0.717) is 5.56 Å². The van der Waals surface area contributed by atoms with E-state index in [1.165, 1.54) is 12.1 Å². The molecule has 1 heterocycles. The molecule has 2 amide bonds. The van der Waals surface area contributed by atoms with Crippen LogP contribution >= 0.6 is 0 Å². The number of aryl methyl sites for hydroxylation is 1. The van der Waals surface area contributed by atoms with E-state index in [0.717, 1.165) is 29.9 Å². The Morgan fingerprint density at radius 2 is 1.83 bits per heavy atom. The number of aromatic nitrogens is 1. The summed E-state index contributed by atoms with van der Waals surface area (Å²) < 4.78 is 15.1. The molecule has 1 aromatic heterocycles. The molecular formula is C23H27FN4O2. The molecule has 0 bridgehead atoms. The molecule has 0 aliphatic carbocycles. The van der Waals surface area contributed by atoms with Crippen LogP contribution in [0.15, 0.2) is 35.9 Å². The van der Waals surface area contributed by atoms with E-state index in [9.17, 15) is 19.2 Å². The van der Waals surface area contributed by atoms with Gasteiger partial charge in [-0.3, -0.25) is 9.59 Å². The van der Waals surface area contributed by atoms with Gasteiger partial charge in [0.15, 0.2) is 0 Å². The highest BCUT2D eigenvalue weighted by molar-refractivity contribution is 6.01. The quantitative estimate of drug-likeness (QED) is 0.378. The van der Waals surface area contributed by atoms with Crippen LogP contribution in [0, 0.1) is 31.0 Å². The normalized spacial score (nSPS) is 11.1. The molecule has 0 aliphatic heterocycles. The molecule has 2 aromatic rings. The summed E-state index contributed by atoms with van der Waals surface area (Å²) in [4.78, 5) is 24.2. The lowest BCUT2D eigenvalue weighted by molar-refractivity contribution is -0.121. The summed E-state index contributed by atoms with van der Waals surface area (Å²) in [5.41, 5.74) is 3.67. The fraction of sp³-hybridized carbons (Fsp3) is 0.348. The molecule has 2 N–H and O–H groups in total. The SMILES string of the molecule is CCCn1c(C)cc(/C=C(/C#N)C(=O)NCCNC(=O)Cc2ccc(F)cc2)c1C. The van der Waals surface area contributed by atoms with E-state index in [4.69, 9.17) is 0 Å². The Kier molecular flexibility index (Phi) is 8.36. The topological polar surface area (TPSA) is 86.9 Å². The maximum Gasteiger partial charge on any atom is 0.262 e. The lowest BCUT2D eigenvalue weighted by atomic mass is 10.1. The Balaban J connectivity index is 1.86. The van der Waals surface area contributed by atoms with Gasteiger partial charge in [-0.1, -0.05) is 19.1 Å². The summed E-state index contributed by atoms with van der Waals surface area (Å²) in [5.74, 6) is -1.06. The molecule has 30 heavy (non-hydrogen) atoms. The number of hydrogen-bond donors (Lipinski definition) is 2. The second kappa shape index (κ2) is 11.0. The monoisotopic (exact) mass is 410 g/mol. The van der Waals surface area contributed by atoms with Gasteiger partial charge in [-0.25, -0.2) is 4.39 Å². The second-order valence-electron chi connectivity index (χ2n) is 7.06. The van der Waals surface area contributed by atoms with Crippen molar-refractivity contribution < 1.29 is 14.0 Å². The Morgan fingerprint density at radius 1 is 1.17 bits per heavy atom. The van der Waals surface area contributed by atoms with Gasteiger partial charge in [0.2, 0.25) is 5.91 Å². The lowest BCUT2D eigenvalue weighted by Crippen LogP contribution is -2.35. The van der Waals surface area contributed by atoms with E-state index in [-0.39, 0.29) is 36.8 Å². The molecule has 0 atom stereocenters. The molecule has 0 fully saturated rings. The number of benzene rings is 1.